The van der Waals surface area contributed by atoms with Crippen LogP contribution in [0, 0.1) is 0 Å². The van der Waals surface area contributed by atoms with E-state index < -0.39 is 0 Å². The zero-order valence-electron chi connectivity index (χ0n) is 17.7. The molecule has 0 saturated heterocycles. The molecule has 0 saturated carbocycles. The summed E-state index contributed by atoms with van der Waals surface area (Å²) >= 11 is 7.82. The summed E-state index contributed by atoms with van der Waals surface area (Å²) in [5.41, 5.74) is 4.49. The molecule has 0 amide bonds. The van der Waals surface area contributed by atoms with Crippen molar-refractivity contribution in [3.63, 3.8) is 0 Å². The van der Waals surface area contributed by atoms with Gasteiger partial charge < -0.3 is 4.74 Å². The van der Waals surface area contributed by atoms with Crippen LogP contribution >= 0.6 is 23.4 Å². The van der Waals surface area contributed by atoms with Crippen LogP contribution < -0.4 is 4.74 Å². The van der Waals surface area contributed by atoms with Gasteiger partial charge in [-0.3, -0.25) is 4.57 Å². The van der Waals surface area contributed by atoms with Crippen molar-refractivity contribution in [3.8, 4) is 22.8 Å². The number of rotatable bonds is 7. The molecule has 0 aliphatic carbocycles. The second-order valence-electron chi connectivity index (χ2n) is 7.50. The van der Waals surface area contributed by atoms with Gasteiger partial charge in [0.05, 0.1) is 12.8 Å². The molecule has 3 aromatic carbocycles. The minimum absolute atomic E-state index is 0.369. The molecule has 0 N–H and O–H groups in total. The Morgan fingerprint density at radius 2 is 1.74 bits per heavy atom. The van der Waals surface area contributed by atoms with Crippen molar-refractivity contribution in [2.75, 3.05) is 7.11 Å². The monoisotopic (exact) mass is 449 g/mol. The number of hydrogen-bond donors (Lipinski definition) is 0. The van der Waals surface area contributed by atoms with Crippen molar-refractivity contribution in [1.29, 1.82) is 0 Å². The predicted octanol–water partition coefficient (Wildman–Crippen LogP) is 7.01. The number of halogens is 1. The van der Waals surface area contributed by atoms with E-state index in [0.717, 1.165) is 44.3 Å². The lowest BCUT2D eigenvalue weighted by molar-refractivity contribution is 0.415. The number of thioether (sulfide) groups is 1. The first-order chi connectivity index (χ1) is 15.1. The van der Waals surface area contributed by atoms with Crippen LogP contribution in [0.15, 0.2) is 78.0 Å². The normalized spacial score (nSPS) is 11.1. The maximum Gasteiger partial charge on any atom is 0.196 e. The molecule has 158 valence electrons. The van der Waals surface area contributed by atoms with Gasteiger partial charge in [0.2, 0.25) is 0 Å². The fraction of sp³-hybridized carbons (Fsp3) is 0.200. The van der Waals surface area contributed by atoms with Gasteiger partial charge in [-0.25, -0.2) is 0 Å². The Bertz CT molecular complexity index is 1170. The highest BCUT2D eigenvalue weighted by molar-refractivity contribution is 7.98. The SMILES string of the molecule is COc1ccc(-c2nnc(SCc3cccc(Cl)c3)n2-c2ccccc2C(C)C)cc1. The minimum atomic E-state index is 0.369. The number of methoxy groups -OCH3 is 1. The van der Waals surface area contributed by atoms with Crippen LogP contribution in [0.5, 0.6) is 5.75 Å². The molecular formula is C25H24ClN3OS. The van der Waals surface area contributed by atoms with Crippen molar-refractivity contribution >= 4 is 23.4 Å². The number of para-hydroxylation sites is 1. The van der Waals surface area contributed by atoms with Crippen LogP contribution in [-0.2, 0) is 5.75 Å². The van der Waals surface area contributed by atoms with Crippen LogP contribution in [0.3, 0.4) is 0 Å². The summed E-state index contributed by atoms with van der Waals surface area (Å²) in [4.78, 5) is 0. The van der Waals surface area contributed by atoms with E-state index in [4.69, 9.17) is 16.3 Å². The first-order valence-electron chi connectivity index (χ1n) is 10.1. The molecule has 0 fully saturated rings. The smallest absolute Gasteiger partial charge is 0.196 e. The molecule has 0 spiro atoms. The predicted molar refractivity (Wildman–Crippen MR) is 128 cm³/mol. The van der Waals surface area contributed by atoms with Gasteiger partial charge in [0, 0.05) is 16.3 Å². The van der Waals surface area contributed by atoms with Gasteiger partial charge >= 0.3 is 0 Å². The molecule has 4 aromatic rings. The van der Waals surface area contributed by atoms with E-state index in [2.05, 4.69) is 58.9 Å². The summed E-state index contributed by atoms with van der Waals surface area (Å²) < 4.78 is 7.47. The Morgan fingerprint density at radius 1 is 0.968 bits per heavy atom. The Kier molecular flexibility index (Phi) is 6.64. The highest BCUT2D eigenvalue weighted by Crippen LogP contribution is 2.34. The molecule has 31 heavy (non-hydrogen) atoms. The zero-order chi connectivity index (χ0) is 21.8. The first kappa shape index (κ1) is 21.5. The lowest BCUT2D eigenvalue weighted by Crippen LogP contribution is -2.05. The third kappa shape index (κ3) is 4.78. The number of nitrogens with zero attached hydrogens (tertiary/aromatic N) is 3. The maximum atomic E-state index is 6.17. The van der Waals surface area contributed by atoms with Crippen LogP contribution in [0.2, 0.25) is 5.02 Å². The van der Waals surface area contributed by atoms with Gasteiger partial charge in [0.25, 0.3) is 0 Å². The van der Waals surface area contributed by atoms with E-state index in [1.807, 2.05) is 42.5 Å². The molecule has 0 radical (unpaired) electrons. The Balaban J connectivity index is 1.79. The van der Waals surface area contributed by atoms with E-state index >= 15 is 0 Å². The van der Waals surface area contributed by atoms with E-state index in [-0.39, 0.29) is 0 Å². The van der Waals surface area contributed by atoms with E-state index in [9.17, 15) is 0 Å². The van der Waals surface area contributed by atoms with E-state index in [1.165, 1.54) is 5.56 Å². The maximum absolute atomic E-state index is 6.17. The molecule has 0 aliphatic rings. The number of hydrogen-bond acceptors (Lipinski definition) is 4. The van der Waals surface area contributed by atoms with E-state index in [0.29, 0.717) is 5.92 Å². The zero-order valence-corrected chi connectivity index (χ0v) is 19.3. The van der Waals surface area contributed by atoms with Crippen molar-refractivity contribution < 1.29 is 4.74 Å². The summed E-state index contributed by atoms with van der Waals surface area (Å²) in [5.74, 6) is 2.75. The molecule has 1 heterocycles. The molecule has 0 unspecified atom stereocenters. The Labute approximate surface area is 192 Å². The highest BCUT2D eigenvalue weighted by atomic mass is 35.5. The number of aromatic nitrogens is 3. The lowest BCUT2D eigenvalue weighted by Gasteiger charge is -2.17. The Morgan fingerprint density at radius 3 is 2.45 bits per heavy atom. The average molecular weight is 450 g/mol. The van der Waals surface area contributed by atoms with Crippen molar-refractivity contribution in [1.82, 2.24) is 14.8 Å². The average Bonchev–Trinajstić information content (AvgIpc) is 3.21. The largest absolute Gasteiger partial charge is 0.497 e. The van der Waals surface area contributed by atoms with Crippen LogP contribution in [-0.4, -0.2) is 21.9 Å². The molecule has 6 heteroatoms. The second kappa shape index (κ2) is 9.58. The summed E-state index contributed by atoms with van der Waals surface area (Å²) in [7, 11) is 1.67. The number of ether oxygens (including phenoxy) is 1. The lowest BCUT2D eigenvalue weighted by atomic mass is 10.0. The quantitative estimate of drug-likeness (QED) is 0.284. The summed E-state index contributed by atoms with van der Waals surface area (Å²) in [5, 5.41) is 10.7. The minimum Gasteiger partial charge on any atom is -0.497 e. The fourth-order valence-electron chi connectivity index (χ4n) is 3.46. The third-order valence-electron chi connectivity index (χ3n) is 5.04. The van der Waals surface area contributed by atoms with Crippen molar-refractivity contribution in [2.24, 2.45) is 0 Å². The highest BCUT2D eigenvalue weighted by Gasteiger charge is 2.19. The second-order valence-corrected chi connectivity index (χ2v) is 8.88. The number of benzene rings is 3. The molecule has 4 nitrogen and oxygen atoms in total. The summed E-state index contributed by atoms with van der Waals surface area (Å²) in [6.45, 7) is 4.41. The van der Waals surface area contributed by atoms with Crippen LogP contribution in [0.4, 0.5) is 0 Å². The molecule has 0 bridgehead atoms. The van der Waals surface area contributed by atoms with Crippen LogP contribution in [0.25, 0.3) is 17.1 Å². The molecule has 1 aromatic heterocycles. The molecule has 4 rings (SSSR count). The van der Waals surface area contributed by atoms with Crippen molar-refractivity contribution in [2.45, 2.75) is 30.7 Å². The van der Waals surface area contributed by atoms with Gasteiger partial charge in [0.15, 0.2) is 11.0 Å². The first-order valence-corrected chi connectivity index (χ1v) is 11.5. The molecule has 0 aliphatic heterocycles. The van der Waals surface area contributed by atoms with Gasteiger partial charge in [0.1, 0.15) is 5.75 Å². The molecular weight excluding hydrogens is 426 g/mol. The topological polar surface area (TPSA) is 39.9 Å². The summed E-state index contributed by atoms with van der Waals surface area (Å²) in [6, 6.07) is 24.3. The van der Waals surface area contributed by atoms with Gasteiger partial charge in [-0.15, -0.1) is 10.2 Å². The van der Waals surface area contributed by atoms with E-state index in [1.54, 1.807) is 18.9 Å². The fourth-order valence-corrected chi connectivity index (χ4v) is 4.56. The Hall–Kier alpha value is -2.76. The van der Waals surface area contributed by atoms with Gasteiger partial charge in [-0.1, -0.05) is 67.5 Å². The molecule has 0 atom stereocenters. The third-order valence-corrected chi connectivity index (χ3v) is 6.27. The van der Waals surface area contributed by atoms with Crippen LogP contribution in [0.1, 0.15) is 30.9 Å². The summed E-state index contributed by atoms with van der Waals surface area (Å²) in [6.07, 6.45) is 0. The van der Waals surface area contributed by atoms with Gasteiger partial charge in [-0.05, 0) is 59.5 Å². The van der Waals surface area contributed by atoms with Gasteiger partial charge in [-0.2, -0.15) is 0 Å². The van der Waals surface area contributed by atoms with Crippen molar-refractivity contribution in [3.05, 3.63) is 88.9 Å². The standard InChI is InChI=1S/C25H24ClN3OS/c1-17(2)22-9-4-5-10-23(22)29-24(19-11-13-21(30-3)14-12-19)27-28-25(29)31-16-18-7-6-8-20(26)15-18/h4-15,17H,16H2,1-3H3.